The van der Waals surface area contributed by atoms with Crippen LogP contribution in [0.2, 0.25) is 0 Å². The van der Waals surface area contributed by atoms with Crippen LogP contribution < -0.4 is 15.7 Å². The van der Waals surface area contributed by atoms with Crippen molar-refractivity contribution in [2.45, 2.75) is 11.8 Å². The van der Waals surface area contributed by atoms with Crippen molar-refractivity contribution in [3.8, 4) is 16.9 Å². The summed E-state index contributed by atoms with van der Waals surface area (Å²) < 4.78 is 6.30. The fourth-order valence-electron chi connectivity index (χ4n) is 3.12. The quantitative estimate of drug-likeness (QED) is 0.455. The molecule has 4 rings (SSSR count). The summed E-state index contributed by atoms with van der Waals surface area (Å²) in [5.74, 6) is 0.646. The van der Waals surface area contributed by atoms with E-state index in [1.54, 1.807) is 7.11 Å². The van der Waals surface area contributed by atoms with Gasteiger partial charge in [-0.2, -0.15) is 0 Å². The number of hydrogen-bond acceptors (Lipinski definition) is 6. The normalized spacial score (nSPS) is 10.9. The Hall–Kier alpha value is -3.10. The Balaban J connectivity index is 1.56. The molecule has 0 bridgehead atoms. The van der Waals surface area contributed by atoms with Gasteiger partial charge in [0.15, 0.2) is 0 Å². The van der Waals surface area contributed by atoms with Crippen LogP contribution in [0.1, 0.15) is 4.88 Å². The molecule has 30 heavy (non-hydrogen) atoms. The second kappa shape index (κ2) is 8.73. The lowest BCUT2D eigenvalue weighted by atomic mass is 10.0. The molecule has 1 N–H and O–H groups in total. The van der Waals surface area contributed by atoms with Gasteiger partial charge in [0.2, 0.25) is 5.91 Å². The van der Waals surface area contributed by atoms with Gasteiger partial charge in [-0.05, 0) is 36.8 Å². The first-order chi connectivity index (χ1) is 14.6. The Labute approximate surface area is 181 Å². The maximum atomic E-state index is 13.1. The third kappa shape index (κ3) is 4.10. The molecule has 8 heteroatoms. The number of benzene rings is 2. The number of nitrogens with zero attached hydrogens (tertiary/aromatic N) is 2. The van der Waals surface area contributed by atoms with Gasteiger partial charge >= 0.3 is 0 Å². The molecule has 0 radical (unpaired) electrons. The van der Waals surface area contributed by atoms with Gasteiger partial charge in [-0.3, -0.25) is 15.0 Å². The molecular weight excluding hydrogens is 418 g/mol. The van der Waals surface area contributed by atoms with Gasteiger partial charge in [-0.15, -0.1) is 23.1 Å². The lowest BCUT2D eigenvalue weighted by Gasteiger charge is -2.08. The molecule has 0 aliphatic rings. The zero-order valence-corrected chi connectivity index (χ0v) is 18.0. The maximum Gasteiger partial charge on any atom is 0.281 e. The summed E-state index contributed by atoms with van der Waals surface area (Å²) in [6.45, 7) is 1.97. The summed E-state index contributed by atoms with van der Waals surface area (Å²) in [5, 5.41) is 0.523. The third-order valence-corrected chi connectivity index (χ3v) is 6.55. The second-order valence-electron chi connectivity index (χ2n) is 6.50. The van der Waals surface area contributed by atoms with Crippen molar-refractivity contribution in [1.29, 1.82) is 0 Å². The topological polar surface area (TPSA) is 73.2 Å². The summed E-state index contributed by atoms with van der Waals surface area (Å²) in [6.07, 6.45) is 1.37. The van der Waals surface area contributed by atoms with Gasteiger partial charge in [-0.1, -0.05) is 30.3 Å². The van der Waals surface area contributed by atoms with E-state index in [1.807, 2.05) is 61.5 Å². The van der Waals surface area contributed by atoms with Crippen LogP contribution in [0.3, 0.4) is 0 Å². The molecule has 1 amide bonds. The predicted molar refractivity (Wildman–Crippen MR) is 122 cm³/mol. The highest BCUT2D eigenvalue weighted by Crippen LogP contribution is 2.35. The molecule has 152 valence electrons. The Morgan fingerprint density at radius 1 is 1.17 bits per heavy atom. The van der Waals surface area contributed by atoms with Crippen molar-refractivity contribution in [2.75, 3.05) is 18.3 Å². The van der Waals surface area contributed by atoms with Crippen molar-refractivity contribution < 1.29 is 9.53 Å². The lowest BCUT2D eigenvalue weighted by Crippen LogP contribution is -2.34. The van der Waals surface area contributed by atoms with Crippen molar-refractivity contribution in [3.05, 3.63) is 76.2 Å². The number of carbonyl (C=O) groups excluding carboxylic acids is 1. The zero-order valence-electron chi connectivity index (χ0n) is 16.4. The minimum Gasteiger partial charge on any atom is -0.497 e. The Kier molecular flexibility index (Phi) is 5.87. The number of amides is 1. The van der Waals surface area contributed by atoms with E-state index in [0.717, 1.165) is 31.3 Å². The Morgan fingerprint density at radius 2 is 1.90 bits per heavy atom. The molecule has 6 nitrogen and oxygen atoms in total. The number of fused-ring (bicyclic) bond motifs is 1. The van der Waals surface area contributed by atoms with Gasteiger partial charge < -0.3 is 4.74 Å². The number of thiophene rings is 1. The largest absolute Gasteiger partial charge is 0.497 e. The minimum absolute atomic E-state index is 0.172. The van der Waals surface area contributed by atoms with Crippen LogP contribution in [0.5, 0.6) is 5.75 Å². The van der Waals surface area contributed by atoms with Crippen LogP contribution in [-0.4, -0.2) is 28.4 Å². The monoisotopic (exact) mass is 437 g/mol. The number of thioether (sulfide) groups is 1. The molecule has 2 aromatic carbocycles. The molecule has 0 saturated carbocycles. The summed E-state index contributed by atoms with van der Waals surface area (Å²) in [7, 11) is 1.61. The first kappa shape index (κ1) is 20.2. The first-order valence-corrected chi connectivity index (χ1v) is 11.0. The van der Waals surface area contributed by atoms with Crippen LogP contribution in [0.15, 0.2) is 70.6 Å². The smallest absolute Gasteiger partial charge is 0.281 e. The van der Waals surface area contributed by atoms with Crippen LogP contribution in [-0.2, 0) is 4.79 Å². The number of aryl methyl sites for hydroxylation is 1. The van der Waals surface area contributed by atoms with Gasteiger partial charge in [-0.25, -0.2) is 9.66 Å². The van der Waals surface area contributed by atoms with E-state index in [2.05, 4.69) is 10.4 Å². The molecule has 2 aromatic heterocycles. The fraction of sp³-hybridized carbons (Fsp3) is 0.136. The number of ether oxygens (including phenoxy) is 1. The highest BCUT2D eigenvalue weighted by Gasteiger charge is 2.17. The standard InChI is InChI=1S/C22H19N3O3S2/c1-14-19(15-6-4-3-5-7-15)20-21(30-14)23-13-25(22(20)27)24-18(26)12-29-17-10-8-16(28-2)9-11-17/h3-11,13H,12H2,1-2H3,(H,24,26). The number of carbonyl (C=O) groups is 1. The van der Waals surface area contributed by atoms with Crippen molar-refractivity contribution >= 4 is 39.2 Å². The first-order valence-electron chi connectivity index (χ1n) is 9.19. The maximum absolute atomic E-state index is 13.1. The van der Waals surface area contributed by atoms with E-state index in [4.69, 9.17) is 4.74 Å². The molecule has 2 heterocycles. The number of aromatic nitrogens is 2. The molecular formula is C22H19N3O3S2. The third-order valence-electron chi connectivity index (χ3n) is 4.53. The molecule has 0 saturated heterocycles. The average Bonchev–Trinajstić information content (AvgIpc) is 3.12. The van der Waals surface area contributed by atoms with Crippen molar-refractivity contribution in [3.63, 3.8) is 0 Å². The van der Waals surface area contributed by atoms with E-state index >= 15 is 0 Å². The number of rotatable bonds is 6. The fourth-order valence-corrected chi connectivity index (χ4v) is 4.82. The predicted octanol–water partition coefficient (Wildman–Crippen LogP) is 4.30. The van der Waals surface area contributed by atoms with E-state index < -0.39 is 0 Å². The Bertz CT molecular complexity index is 1250. The molecule has 4 aromatic rings. The van der Waals surface area contributed by atoms with Crippen LogP contribution in [0.4, 0.5) is 0 Å². The van der Waals surface area contributed by atoms with Gasteiger partial charge in [0.25, 0.3) is 5.56 Å². The molecule has 0 fully saturated rings. The number of nitrogens with one attached hydrogen (secondary N) is 1. The van der Waals surface area contributed by atoms with E-state index in [9.17, 15) is 9.59 Å². The molecule has 0 atom stereocenters. The summed E-state index contributed by atoms with van der Waals surface area (Å²) >= 11 is 2.85. The summed E-state index contributed by atoms with van der Waals surface area (Å²) in [5.41, 5.74) is 4.18. The van der Waals surface area contributed by atoms with Crippen molar-refractivity contribution in [1.82, 2.24) is 9.66 Å². The molecule has 0 aliphatic carbocycles. The number of methoxy groups -OCH3 is 1. The van der Waals surface area contributed by atoms with Crippen molar-refractivity contribution in [2.24, 2.45) is 0 Å². The van der Waals surface area contributed by atoms with Gasteiger partial charge in [0.05, 0.1) is 18.2 Å². The molecule has 0 spiro atoms. The van der Waals surface area contributed by atoms with E-state index in [-0.39, 0.29) is 17.2 Å². The molecule has 0 aliphatic heterocycles. The minimum atomic E-state index is -0.286. The molecule has 0 unspecified atom stereocenters. The average molecular weight is 438 g/mol. The lowest BCUT2D eigenvalue weighted by molar-refractivity contribution is -0.114. The highest BCUT2D eigenvalue weighted by molar-refractivity contribution is 8.00. The summed E-state index contributed by atoms with van der Waals surface area (Å²) in [4.78, 5) is 32.5. The number of hydrogen-bond donors (Lipinski definition) is 1. The Morgan fingerprint density at radius 3 is 2.60 bits per heavy atom. The second-order valence-corrected chi connectivity index (χ2v) is 8.75. The van der Waals surface area contributed by atoms with Crippen LogP contribution in [0, 0.1) is 6.92 Å². The van der Waals surface area contributed by atoms with Crippen LogP contribution in [0.25, 0.3) is 21.3 Å². The van der Waals surface area contributed by atoms with Gasteiger partial charge in [0.1, 0.15) is 16.9 Å². The zero-order chi connectivity index (χ0) is 21.1. The van der Waals surface area contributed by atoms with Crippen LogP contribution >= 0.6 is 23.1 Å². The van der Waals surface area contributed by atoms with E-state index in [0.29, 0.717) is 10.2 Å². The van der Waals surface area contributed by atoms with Gasteiger partial charge in [0, 0.05) is 15.3 Å². The summed E-state index contributed by atoms with van der Waals surface area (Å²) in [6, 6.07) is 17.2. The SMILES string of the molecule is COc1ccc(SCC(=O)Nn2cnc3sc(C)c(-c4ccccc4)c3c2=O)cc1. The highest BCUT2D eigenvalue weighted by atomic mass is 32.2. The van der Waals surface area contributed by atoms with E-state index in [1.165, 1.54) is 29.4 Å².